The number of carbonyl (C=O) groups excluding carboxylic acids is 1. The van der Waals surface area contributed by atoms with Gasteiger partial charge in [0.15, 0.2) is 5.75 Å². The molecule has 41 heavy (non-hydrogen) atoms. The molecule has 0 unspecified atom stereocenters. The number of phenols is 1. The van der Waals surface area contributed by atoms with Gasteiger partial charge in [0, 0.05) is 24.1 Å². The average molecular weight is 582 g/mol. The minimum atomic E-state index is -4.38. The van der Waals surface area contributed by atoms with Crippen molar-refractivity contribution in [2.24, 2.45) is 5.10 Å². The number of aryl methyl sites for hydroxylation is 1. The summed E-state index contributed by atoms with van der Waals surface area (Å²) >= 11 is 0. The van der Waals surface area contributed by atoms with E-state index in [0.29, 0.717) is 6.42 Å². The zero-order valence-corrected chi connectivity index (χ0v) is 24.8. The second kappa shape index (κ2) is 12.1. The Morgan fingerprint density at radius 3 is 2.20 bits per heavy atom. The lowest BCUT2D eigenvalue weighted by atomic mass is 9.78. The molecule has 0 spiro atoms. The van der Waals surface area contributed by atoms with E-state index in [1.54, 1.807) is 18.2 Å². The topological polar surface area (TPSA) is 148 Å². The highest BCUT2D eigenvalue weighted by molar-refractivity contribution is 7.87. The minimum absolute atomic E-state index is 0.0643. The smallest absolute Gasteiger partial charge is 0.339 e. The van der Waals surface area contributed by atoms with Crippen molar-refractivity contribution in [3.63, 3.8) is 0 Å². The normalized spacial score (nSPS) is 12.3. The lowest BCUT2D eigenvalue weighted by Gasteiger charge is -2.28. The quantitative estimate of drug-likeness (QED) is 0.142. The van der Waals surface area contributed by atoms with Gasteiger partial charge in [-0.3, -0.25) is 14.9 Å². The lowest BCUT2D eigenvalue weighted by molar-refractivity contribution is -0.385. The SMILES string of the molecule is CC(C)(C)c1cc(CCC(=O)N/N=C\c2ccccc2OS(=O)(=O)c2cccc([N+](=O)[O-])c2)cc(C(C)(C)C)c1O. The highest BCUT2D eigenvalue weighted by atomic mass is 32.2. The Kier molecular flexibility index (Phi) is 9.23. The fraction of sp³-hybridized carbons (Fsp3) is 0.333. The number of amides is 1. The molecule has 0 fully saturated rings. The van der Waals surface area contributed by atoms with Crippen LogP contribution in [0.4, 0.5) is 5.69 Å². The van der Waals surface area contributed by atoms with Gasteiger partial charge in [0.25, 0.3) is 5.69 Å². The maximum Gasteiger partial charge on any atom is 0.339 e. The summed E-state index contributed by atoms with van der Waals surface area (Å²) in [7, 11) is -4.38. The van der Waals surface area contributed by atoms with Crippen molar-refractivity contribution in [1.29, 1.82) is 0 Å². The maximum atomic E-state index is 12.7. The molecule has 2 N–H and O–H groups in total. The maximum absolute atomic E-state index is 12.7. The van der Waals surface area contributed by atoms with Crippen LogP contribution in [0.1, 0.15) is 70.2 Å². The van der Waals surface area contributed by atoms with E-state index in [0.717, 1.165) is 22.8 Å². The number of nitrogens with one attached hydrogen (secondary N) is 1. The monoisotopic (exact) mass is 581 g/mol. The number of hydrazone groups is 1. The molecule has 0 saturated heterocycles. The number of nitrogens with zero attached hydrogens (tertiary/aromatic N) is 2. The number of phenolic OH excluding ortho intramolecular Hbond substituents is 1. The number of rotatable bonds is 9. The van der Waals surface area contributed by atoms with Crippen LogP contribution >= 0.6 is 0 Å². The summed E-state index contributed by atoms with van der Waals surface area (Å²) in [6.07, 6.45) is 1.82. The van der Waals surface area contributed by atoms with E-state index >= 15 is 0 Å². The Hall–Kier alpha value is -4.25. The van der Waals surface area contributed by atoms with Crippen molar-refractivity contribution in [2.45, 2.75) is 70.1 Å². The number of benzene rings is 3. The zero-order valence-electron chi connectivity index (χ0n) is 24.0. The number of hydrogen-bond acceptors (Lipinski definition) is 8. The van der Waals surface area contributed by atoms with Gasteiger partial charge in [0.1, 0.15) is 10.6 Å². The second-order valence-electron chi connectivity index (χ2n) is 11.7. The molecule has 0 aliphatic carbocycles. The highest BCUT2D eigenvalue weighted by Crippen LogP contribution is 2.40. The van der Waals surface area contributed by atoms with Gasteiger partial charge < -0.3 is 9.29 Å². The molecule has 0 radical (unpaired) electrons. The van der Waals surface area contributed by atoms with E-state index in [4.69, 9.17) is 4.18 Å². The summed E-state index contributed by atoms with van der Waals surface area (Å²) in [5.74, 6) is -0.145. The molecule has 0 aliphatic heterocycles. The second-order valence-corrected chi connectivity index (χ2v) is 13.2. The van der Waals surface area contributed by atoms with Gasteiger partial charge in [-0.2, -0.15) is 13.5 Å². The van der Waals surface area contributed by atoms with Crippen LogP contribution in [0.25, 0.3) is 0 Å². The standard InChI is InChI=1S/C30H35N3O7S/c1-29(2,3)24-16-20(17-25(28(24)35)30(4,5)6)14-15-27(34)32-31-19-21-10-7-8-13-26(21)40-41(38,39)23-12-9-11-22(18-23)33(36)37/h7-13,16-19,35H,14-15H2,1-6H3,(H,32,34)/b31-19-. The summed E-state index contributed by atoms with van der Waals surface area (Å²) in [5.41, 5.74) is 4.30. The fourth-order valence-electron chi connectivity index (χ4n) is 4.05. The van der Waals surface area contributed by atoms with Gasteiger partial charge in [-0.15, -0.1) is 0 Å². The molecule has 0 saturated carbocycles. The number of para-hydroxylation sites is 1. The first-order valence-electron chi connectivity index (χ1n) is 13.0. The van der Waals surface area contributed by atoms with Gasteiger partial charge in [-0.1, -0.05) is 71.9 Å². The molecule has 0 heterocycles. The minimum Gasteiger partial charge on any atom is -0.507 e. The Balaban J connectivity index is 1.71. The molecule has 3 rings (SSSR count). The largest absolute Gasteiger partial charge is 0.507 e. The Morgan fingerprint density at radius 1 is 1.00 bits per heavy atom. The predicted octanol–water partition coefficient (Wildman–Crippen LogP) is 5.75. The van der Waals surface area contributed by atoms with Crippen LogP contribution in [0.3, 0.4) is 0 Å². The van der Waals surface area contributed by atoms with Crippen molar-refractivity contribution in [3.8, 4) is 11.5 Å². The third-order valence-electron chi connectivity index (χ3n) is 6.25. The van der Waals surface area contributed by atoms with E-state index in [-0.39, 0.29) is 50.8 Å². The number of nitro groups is 1. The van der Waals surface area contributed by atoms with Crippen LogP contribution in [-0.2, 0) is 32.2 Å². The summed E-state index contributed by atoms with van der Waals surface area (Å²) in [6, 6.07) is 14.5. The number of aromatic hydroxyl groups is 1. The van der Waals surface area contributed by atoms with E-state index in [2.05, 4.69) is 10.5 Å². The molecule has 218 valence electrons. The molecule has 0 bridgehead atoms. The van der Waals surface area contributed by atoms with Crippen molar-refractivity contribution >= 4 is 27.9 Å². The van der Waals surface area contributed by atoms with Gasteiger partial charge in [-0.05, 0) is 52.1 Å². The predicted molar refractivity (Wildman–Crippen MR) is 157 cm³/mol. The summed E-state index contributed by atoms with van der Waals surface area (Å²) in [4.78, 5) is 22.5. The van der Waals surface area contributed by atoms with Gasteiger partial charge >= 0.3 is 10.1 Å². The third kappa shape index (κ3) is 8.14. The molecule has 1 amide bonds. The highest BCUT2D eigenvalue weighted by Gasteiger charge is 2.26. The summed E-state index contributed by atoms with van der Waals surface area (Å²) in [5, 5.41) is 25.9. The molecule has 0 aliphatic rings. The number of nitro benzene ring substituents is 1. The van der Waals surface area contributed by atoms with Crippen LogP contribution < -0.4 is 9.61 Å². The Bertz CT molecular complexity index is 1550. The number of non-ortho nitro benzene ring substituents is 1. The molecular formula is C30H35N3O7S. The van der Waals surface area contributed by atoms with Crippen LogP contribution in [0.2, 0.25) is 0 Å². The first kappa shape index (κ1) is 31.3. The summed E-state index contributed by atoms with van der Waals surface area (Å²) < 4.78 is 30.7. The van der Waals surface area contributed by atoms with Crippen LogP contribution in [-0.4, -0.2) is 30.6 Å². The Morgan fingerprint density at radius 2 is 1.61 bits per heavy atom. The van der Waals surface area contributed by atoms with Gasteiger partial charge in [0.05, 0.1) is 11.1 Å². The van der Waals surface area contributed by atoms with Crippen molar-refractivity contribution < 1.29 is 27.4 Å². The van der Waals surface area contributed by atoms with Crippen LogP contribution in [0, 0.1) is 10.1 Å². The lowest BCUT2D eigenvalue weighted by Crippen LogP contribution is -2.20. The molecule has 11 heteroatoms. The molecular weight excluding hydrogens is 546 g/mol. The van der Waals surface area contributed by atoms with E-state index in [1.165, 1.54) is 30.5 Å². The summed E-state index contributed by atoms with van der Waals surface area (Å²) in [6.45, 7) is 12.1. The number of hydrogen-bond donors (Lipinski definition) is 2. The molecule has 0 aromatic heterocycles. The van der Waals surface area contributed by atoms with Crippen LogP contribution in [0.5, 0.6) is 11.5 Å². The van der Waals surface area contributed by atoms with Crippen molar-refractivity contribution in [3.05, 3.63) is 93.0 Å². The molecule has 3 aromatic carbocycles. The van der Waals surface area contributed by atoms with E-state index in [9.17, 15) is 28.4 Å². The van der Waals surface area contributed by atoms with Gasteiger partial charge in [-0.25, -0.2) is 5.43 Å². The molecule has 3 aromatic rings. The zero-order chi connectivity index (χ0) is 30.6. The van der Waals surface area contributed by atoms with Crippen LogP contribution in [0.15, 0.2) is 70.7 Å². The third-order valence-corrected chi connectivity index (χ3v) is 7.49. The first-order valence-corrected chi connectivity index (χ1v) is 14.4. The molecule has 10 nitrogen and oxygen atoms in total. The fourth-order valence-corrected chi connectivity index (χ4v) is 5.05. The first-order chi connectivity index (χ1) is 19.0. The average Bonchev–Trinajstić information content (AvgIpc) is 2.87. The van der Waals surface area contributed by atoms with Gasteiger partial charge in [0.2, 0.25) is 5.91 Å². The Labute approximate surface area is 240 Å². The number of carbonyl (C=O) groups is 1. The molecule has 0 atom stereocenters. The van der Waals surface area contributed by atoms with E-state index in [1.807, 2.05) is 53.7 Å². The van der Waals surface area contributed by atoms with Crippen molar-refractivity contribution in [1.82, 2.24) is 5.43 Å². The van der Waals surface area contributed by atoms with E-state index < -0.39 is 15.0 Å². The van der Waals surface area contributed by atoms with Crippen molar-refractivity contribution in [2.75, 3.05) is 0 Å².